The lowest BCUT2D eigenvalue weighted by Crippen LogP contribution is -2.44. The third kappa shape index (κ3) is 4.05. The zero-order chi connectivity index (χ0) is 19.5. The number of hydrogen-bond donors (Lipinski definition) is 2. The van der Waals surface area contributed by atoms with Crippen molar-refractivity contribution in [3.05, 3.63) is 58.8 Å². The van der Waals surface area contributed by atoms with E-state index in [1.54, 1.807) is 12.1 Å². The summed E-state index contributed by atoms with van der Waals surface area (Å²) < 4.78 is 10.3. The number of rotatable bonds is 5. The van der Waals surface area contributed by atoms with Gasteiger partial charge in [0.1, 0.15) is 5.56 Å². The quantitative estimate of drug-likeness (QED) is 0.679. The number of amides is 1. The van der Waals surface area contributed by atoms with Crippen molar-refractivity contribution in [1.82, 2.24) is 15.4 Å². The van der Waals surface area contributed by atoms with Gasteiger partial charge in [-0.1, -0.05) is 35.5 Å². The van der Waals surface area contributed by atoms with Gasteiger partial charge in [0, 0.05) is 25.7 Å². The number of nitrogens with zero attached hydrogens (tertiary/aromatic N) is 2. The number of aromatic nitrogens is 1. The van der Waals surface area contributed by atoms with Crippen LogP contribution in [0.25, 0.3) is 11.5 Å². The summed E-state index contributed by atoms with van der Waals surface area (Å²) >= 11 is 5.81. The summed E-state index contributed by atoms with van der Waals surface area (Å²) in [5, 5.41) is 7.10. The Kier molecular flexibility index (Phi) is 5.36. The fraction of sp³-hybridized carbons (Fsp3) is 0.300. The van der Waals surface area contributed by atoms with Crippen molar-refractivity contribution in [2.75, 3.05) is 18.8 Å². The van der Waals surface area contributed by atoms with E-state index in [0.29, 0.717) is 5.76 Å². The van der Waals surface area contributed by atoms with E-state index in [0.717, 1.165) is 32.5 Å². The van der Waals surface area contributed by atoms with Gasteiger partial charge in [-0.3, -0.25) is 9.69 Å². The predicted octanol–water partition coefficient (Wildman–Crippen LogP) is 3.56. The summed E-state index contributed by atoms with van der Waals surface area (Å²) in [5.74, 6) is -0.0161. The van der Waals surface area contributed by atoms with Crippen molar-refractivity contribution in [1.29, 1.82) is 0 Å². The van der Waals surface area contributed by atoms with Crippen molar-refractivity contribution < 1.29 is 13.7 Å². The minimum atomic E-state index is -0.317. The average Bonchev–Trinajstić information content (AvgIpc) is 3.29. The third-order valence-electron chi connectivity index (χ3n) is 4.92. The van der Waals surface area contributed by atoms with Gasteiger partial charge in [-0.15, -0.1) is 0 Å². The van der Waals surface area contributed by atoms with Gasteiger partial charge < -0.3 is 20.0 Å². The number of benzene rings is 1. The molecule has 0 spiro atoms. The topological polar surface area (TPSA) is 97.5 Å². The second kappa shape index (κ2) is 8.08. The maximum absolute atomic E-state index is 12.8. The first-order valence-electron chi connectivity index (χ1n) is 9.18. The molecule has 3 N–H and O–H groups in total. The summed E-state index contributed by atoms with van der Waals surface area (Å²) in [6, 6.07) is 13.7. The lowest BCUT2D eigenvalue weighted by molar-refractivity contribution is 0.0910. The normalized spacial score (nSPS) is 15.6. The van der Waals surface area contributed by atoms with E-state index in [2.05, 4.69) is 39.6 Å². The van der Waals surface area contributed by atoms with E-state index >= 15 is 0 Å². The van der Waals surface area contributed by atoms with Crippen molar-refractivity contribution in [3.8, 4) is 11.5 Å². The second-order valence-electron chi connectivity index (χ2n) is 6.88. The molecule has 0 aliphatic carbocycles. The van der Waals surface area contributed by atoms with Crippen molar-refractivity contribution in [2.24, 2.45) is 0 Å². The van der Waals surface area contributed by atoms with Crippen LogP contribution in [0.2, 0.25) is 5.22 Å². The average molecular weight is 401 g/mol. The molecule has 1 fully saturated rings. The number of likely N-dealkylation sites (tertiary alicyclic amines) is 1. The molecule has 28 heavy (non-hydrogen) atoms. The van der Waals surface area contributed by atoms with Gasteiger partial charge in [0.15, 0.2) is 16.7 Å². The van der Waals surface area contributed by atoms with Crippen LogP contribution in [0, 0.1) is 0 Å². The van der Waals surface area contributed by atoms with Crippen LogP contribution >= 0.6 is 11.6 Å². The van der Waals surface area contributed by atoms with Gasteiger partial charge in [-0.05, 0) is 42.1 Å². The smallest absolute Gasteiger partial charge is 0.259 e. The maximum atomic E-state index is 12.8. The number of piperidine rings is 1. The van der Waals surface area contributed by atoms with Gasteiger partial charge in [-0.2, -0.15) is 0 Å². The Morgan fingerprint density at radius 2 is 1.96 bits per heavy atom. The third-order valence-corrected chi connectivity index (χ3v) is 5.13. The molecule has 1 amide bonds. The second-order valence-corrected chi connectivity index (χ2v) is 7.26. The Morgan fingerprint density at radius 1 is 1.21 bits per heavy atom. The molecule has 1 saturated heterocycles. The number of nitrogens with two attached hydrogens (primary N) is 1. The van der Waals surface area contributed by atoms with Gasteiger partial charge in [0.2, 0.25) is 5.88 Å². The van der Waals surface area contributed by atoms with Crippen molar-refractivity contribution in [3.63, 3.8) is 0 Å². The molecule has 0 bridgehead atoms. The van der Waals surface area contributed by atoms with Crippen LogP contribution in [0.1, 0.15) is 28.8 Å². The van der Waals surface area contributed by atoms with Crippen LogP contribution in [0.5, 0.6) is 0 Å². The molecule has 4 rings (SSSR count). The van der Waals surface area contributed by atoms with E-state index in [-0.39, 0.29) is 34.3 Å². The van der Waals surface area contributed by atoms with Crippen LogP contribution in [-0.4, -0.2) is 35.1 Å². The van der Waals surface area contributed by atoms with Crippen LogP contribution in [-0.2, 0) is 6.54 Å². The number of anilines is 1. The first-order chi connectivity index (χ1) is 13.6. The largest absolute Gasteiger partial charge is 0.443 e. The Labute approximate surface area is 167 Å². The Bertz CT molecular complexity index is 946. The Morgan fingerprint density at radius 3 is 2.64 bits per heavy atom. The fourth-order valence-corrected chi connectivity index (χ4v) is 3.61. The molecule has 1 aromatic carbocycles. The highest BCUT2D eigenvalue weighted by molar-refractivity contribution is 6.29. The highest BCUT2D eigenvalue weighted by atomic mass is 35.5. The summed E-state index contributed by atoms with van der Waals surface area (Å²) in [7, 11) is 0. The summed E-state index contributed by atoms with van der Waals surface area (Å²) in [4.78, 5) is 15.2. The summed E-state index contributed by atoms with van der Waals surface area (Å²) in [5.41, 5.74) is 7.55. The first kappa shape index (κ1) is 18.6. The number of nitrogens with one attached hydrogen (secondary N) is 1. The highest BCUT2D eigenvalue weighted by Crippen LogP contribution is 2.30. The Balaban J connectivity index is 1.37. The molecule has 7 nitrogen and oxygen atoms in total. The van der Waals surface area contributed by atoms with Gasteiger partial charge in [-0.25, -0.2) is 0 Å². The molecule has 3 aromatic rings. The highest BCUT2D eigenvalue weighted by Gasteiger charge is 2.28. The molecular formula is C20H21ClN4O3. The Hall–Kier alpha value is -2.77. The minimum Gasteiger partial charge on any atom is -0.443 e. The fourth-order valence-electron chi connectivity index (χ4n) is 3.47. The molecule has 2 aromatic heterocycles. The van der Waals surface area contributed by atoms with Crippen molar-refractivity contribution in [2.45, 2.75) is 25.4 Å². The lowest BCUT2D eigenvalue weighted by atomic mass is 10.0. The van der Waals surface area contributed by atoms with E-state index in [1.807, 2.05) is 6.07 Å². The molecule has 0 saturated carbocycles. The van der Waals surface area contributed by atoms with Gasteiger partial charge in [0.05, 0.1) is 0 Å². The molecule has 1 aliphatic heterocycles. The van der Waals surface area contributed by atoms with Crippen LogP contribution in [0.3, 0.4) is 0 Å². The maximum Gasteiger partial charge on any atom is 0.259 e. The predicted molar refractivity (Wildman–Crippen MR) is 106 cm³/mol. The van der Waals surface area contributed by atoms with Gasteiger partial charge >= 0.3 is 0 Å². The number of nitrogen functional groups attached to an aromatic ring is 1. The zero-order valence-electron chi connectivity index (χ0n) is 15.2. The molecule has 0 radical (unpaired) electrons. The SMILES string of the molecule is Nc1onc(-c2ccc(Cl)o2)c1C(=O)NC1CCN(Cc2ccccc2)CC1. The lowest BCUT2D eigenvalue weighted by Gasteiger charge is -2.32. The molecule has 1 aliphatic rings. The van der Waals surface area contributed by atoms with Crippen LogP contribution in [0.4, 0.5) is 5.88 Å². The molecule has 0 unspecified atom stereocenters. The number of hydrogen-bond acceptors (Lipinski definition) is 6. The molecule has 8 heteroatoms. The summed E-state index contributed by atoms with van der Waals surface area (Å²) in [6.07, 6.45) is 1.73. The summed E-state index contributed by atoms with van der Waals surface area (Å²) in [6.45, 7) is 2.75. The van der Waals surface area contributed by atoms with Crippen molar-refractivity contribution >= 4 is 23.4 Å². The van der Waals surface area contributed by atoms with E-state index in [4.69, 9.17) is 26.3 Å². The number of halogens is 1. The molecular weight excluding hydrogens is 380 g/mol. The molecule has 146 valence electrons. The van der Waals surface area contributed by atoms with E-state index in [1.165, 1.54) is 5.56 Å². The zero-order valence-corrected chi connectivity index (χ0v) is 16.0. The minimum absolute atomic E-state index is 0.0402. The molecule has 0 atom stereocenters. The number of carbonyl (C=O) groups excluding carboxylic acids is 1. The number of carbonyl (C=O) groups is 1. The standard InChI is InChI=1S/C20H21ClN4O3/c21-16-7-6-15(27-16)18-17(19(22)28-24-18)20(26)23-14-8-10-25(11-9-14)12-13-4-2-1-3-5-13/h1-7,14H,8-12,22H2,(H,23,26). The van der Waals surface area contributed by atoms with Crippen LogP contribution in [0.15, 0.2) is 51.4 Å². The molecule has 3 heterocycles. The number of furan rings is 1. The van der Waals surface area contributed by atoms with E-state index < -0.39 is 0 Å². The van der Waals surface area contributed by atoms with E-state index in [9.17, 15) is 4.79 Å². The van der Waals surface area contributed by atoms with Crippen LogP contribution < -0.4 is 11.1 Å². The monoisotopic (exact) mass is 400 g/mol. The first-order valence-corrected chi connectivity index (χ1v) is 9.56. The van der Waals surface area contributed by atoms with Gasteiger partial charge in [0.25, 0.3) is 5.91 Å².